The number of hydrogen-bond acceptors (Lipinski definition) is 5. The molecule has 0 saturated heterocycles. The van der Waals surface area contributed by atoms with Crippen LogP contribution in [-0.2, 0) is 4.79 Å². The molecule has 1 N–H and O–H groups in total. The molecule has 0 fully saturated rings. The molecule has 7 heteroatoms. The molecule has 0 aliphatic carbocycles. The fourth-order valence-corrected chi connectivity index (χ4v) is 4.06. The Morgan fingerprint density at radius 3 is 2.52 bits per heavy atom. The van der Waals surface area contributed by atoms with Crippen LogP contribution in [0.5, 0.6) is 0 Å². The number of fused-ring (bicyclic) bond motifs is 1. The van der Waals surface area contributed by atoms with Crippen molar-refractivity contribution in [1.29, 1.82) is 0 Å². The number of aromatic nitrogens is 3. The van der Waals surface area contributed by atoms with Gasteiger partial charge in [-0.15, -0.1) is 0 Å². The Hall–Kier alpha value is -3.45. The van der Waals surface area contributed by atoms with Gasteiger partial charge in [0.05, 0.1) is 16.2 Å². The van der Waals surface area contributed by atoms with Crippen molar-refractivity contribution in [2.45, 2.75) is 31.2 Å². The van der Waals surface area contributed by atoms with Gasteiger partial charge in [0, 0.05) is 11.9 Å². The molecule has 0 bridgehead atoms. The van der Waals surface area contributed by atoms with E-state index in [2.05, 4.69) is 15.3 Å². The Kier molecular flexibility index (Phi) is 5.86. The molecule has 4 aromatic rings. The number of rotatable bonds is 5. The van der Waals surface area contributed by atoms with Crippen LogP contribution in [0.4, 0.5) is 5.69 Å². The van der Waals surface area contributed by atoms with Gasteiger partial charge in [0.25, 0.3) is 5.56 Å². The van der Waals surface area contributed by atoms with E-state index >= 15 is 0 Å². The number of thioether (sulfide) groups is 1. The molecular weight excluding hydrogens is 408 g/mol. The van der Waals surface area contributed by atoms with Crippen LogP contribution in [0.2, 0.25) is 0 Å². The van der Waals surface area contributed by atoms with Gasteiger partial charge < -0.3 is 5.32 Å². The lowest BCUT2D eigenvalue weighted by molar-refractivity contribution is -0.115. The lowest BCUT2D eigenvalue weighted by atomic mass is 10.2. The van der Waals surface area contributed by atoms with E-state index in [1.54, 1.807) is 31.3 Å². The van der Waals surface area contributed by atoms with Crippen LogP contribution >= 0.6 is 11.8 Å². The van der Waals surface area contributed by atoms with Crippen molar-refractivity contribution in [3.8, 4) is 5.82 Å². The number of para-hydroxylation sites is 2. The number of anilines is 1. The second-order valence-electron chi connectivity index (χ2n) is 7.31. The highest BCUT2D eigenvalue weighted by atomic mass is 32.2. The van der Waals surface area contributed by atoms with Crippen molar-refractivity contribution in [2.75, 3.05) is 5.32 Å². The van der Waals surface area contributed by atoms with Crippen LogP contribution < -0.4 is 10.9 Å². The molecule has 1 atom stereocenters. The van der Waals surface area contributed by atoms with Crippen LogP contribution in [-0.4, -0.2) is 25.7 Å². The maximum Gasteiger partial charge on any atom is 0.267 e. The number of nitrogens with zero attached hydrogens (tertiary/aromatic N) is 3. The van der Waals surface area contributed by atoms with Gasteiger partial charge in [-0.1, -0.05) is 48.2 Å². The summed E-state index contributed by atoms with van der Waals surface area (Å²) in [7, 11) is 0. The first kappa shape index (κ1) is 20.8. The summed E-state index contributed by atoms with van der Waals surface area (Å²) in [6.45, 7) is 5.68. The number of amides is 1. The van der Waals surface area contributed by atoms with Crippen molar-refractivity contribution in [2.24, 2.45) is 0 Å². The minimum Gasteiger partial charge on any atom is -0.325 e. The Balaban J connectivity index is 1.73. The first-order chi connectivity index (χ1) is 14.9. The second kappa shape index (κ2) is 8.73. The van der Waals surface area contributed by atoms with E-state index in [0.29, 0.717) is 21.9 Å². The maximum atomic E-state index is 13.3. The highest BCUT2D eigenvalue weighted by molar-refractivity contribution is 8.00. The molecule has 0 unspecified atom stereocenters. The van der Waals surface area contributed by atoms with E-state index in [1.807, 2.05) is 56.3 Å². The fraction of sp³-hybridized carbons (Fsp3) is 0.167. The average Bonchev–Trinajstić information content (AvgIpc) is 2.76. The van der Waals surface area contributed by atoms with Crippen LogP contribution in [0.15, 0.2) is 76.8 Å². The molecule has 0 aliphatic rings. The van der Waals surface area contributed by atoms with E-state index in [1.165, 1.54) is 16.3 Å². The third-order valence-corrected chi connectivity index (χ3v) is 5.98. The fourth-order valence-electron chi connectivity index (χ4n) is 3.14. The number of carbonyl (C=O) groups is 1. The van der Waals surface area contributed by atoms with Crippen molar-refractivity contribution < 1.29 is 4.79 Å². The lowest BCUT2D eigenvalue weighted by Crippen LogP contribution is -2.26. The van der Waals surface area contributed by atoms with Gasteiger partial charge in [-0.2, -0.15) is 0 Å². The van der Waals surface area contributed by atoms with E-state index < -0.39 is 5.25 Å². The molecule has 0 spiro atoms. The van der Waals surface area contributed by atoms with Gasteiger partial charge >= 0.3 is 0 Å². The zero-order valence-electron chi connectivity index (χ0n) is 17.5. The average molecular weight is 431 g/mol. The normalized spacial score (nSPS) is 12.0. The molecule has 2 aromatic carbocycles. The first-order valence-electron chi connectivity index (χ1n) is 9.92. The van der Waals surface area contributed by atoms with Gasteiger partial charge in [0.15, 0.2) is 5.16 Å². The molecule has 0 aliphatic heterocycles. The molecular formula is C24H22N4O2S. The molecule has 1 amide bonds. The van der Waals surface area contributed by atoms with Gasteiger partial charge in [-0.3, -0.25) is 9.59 Å². The molecule has 6 nitrogen and oxygen atoms in total. The van der Waals surface area contributed by atoms with Gasteiger partial charge in [0.2, 0.25) is 5.91 Å². The second-order valence-corrected chi connectivity index (χ2v) is 8.62. The molecule has 0 radical (unpaired) electrons. The smallest absolute Gasteiger partial charge is 0.267 e. The van der Waals surface area contributed by atoms with Gasteiger partial charge in [-0.05, 0) is 56.2 Å². The quantitative estimate of drug-likeness (QED) is 0.372. The molecule has 156 valence electrons. The Labute approximate surface area is 184 Å². The maximum absolute atomic E-state index is 13.3. The molecule has 4 rings (SSSR count). The van der Waals surface area contributed by atoms with Crippen molar-refractivity contribution >= 4 is 34.3 Å². The van der Waals surface area contributed by atoms with Gasteiger partial charge in [-0.25, -0.2) is 14.5 Å². The number of benzene rings is 2. The Morgan fingerprint density at radius 2 is 1.77 bits per heavy atom. The summed E-state index contributed by atoms with van der Waals surface area (Å²) in [5.41, 5.74) is 3.12. The van der Waals surface area contributed by atoms with Crippen molar-refractivity contribution in [3.05, 3.63) is 88.3 Å². The zero-order valence-corrected chi connectivity index (χ0v) is 18.3. The van der Waals surface area contributed by atoms with Crippen molar-refractivity contribution in [3.63, 3.8) is 0 Å². The number of aryl methyl sites for hydroxylation is 2. The van der Waals surface area contributed by atoms with Crippen LogP contribution in [0.3, 0.4) is 0 Å². The van der Waals surface area contributed by atoms with E-state index in [4.69, 9.17) is 0 Å². The molecule has 2 heterocycles. The summed E-state index contributed by atoms with van der Waals surface area (Å²) in [4.78, 5) is 35.2. The first-order valence-corrected chi connectivity index (χ1v) is 10.8. The zero-order chi connectivity index (χ0) is 22.0. The van der Waals surface area contributed by atoms with E-state index in [0.717, 1.165) is 16.8 Å². The number of pyridine rings is 1. The standard InChI is InChI=1S/C24H22N4O2S/c1-15-12-13-21(25-14-15)28-23(30)18-9-5-7-11-20(18)27-24(28)31-17(3)22(29)26-19-10-6-4-8-16(19)2/h4-14,17H,1-3H3,(H,26,29)/t17-/m1/s1. The predicted octanol–water partition coefficient (Wildman–Crippen LogP) is 4.52. The topological polar surface area (TPSA) is 76.9 Å². The van der Waals surface area contributed by atoms with Crippen LogP contribution in [0.25, 0.3) is 16.7 Å². The summed E-state index contributed by atoms with van der Waals surface area (Å²) >= 11 is 1.23. The molecule has 0 saturated carbocycles. The van der Waals surface area contributed by atoms with Crippen LogP contribution in [0, 0.1) is 13.8 Å². The molecule has 2 aromatic heterocycles. The third kappa shape index (κ3) is 4.36. The monoisotopic (exact) mass is 430 g/mol. The minimum atomic E-state index is -0.482. The lowest BCUT2D eigenvalue weighted by Gasteiger charge is -2.16. The summed E-state index contributed by atoms with van der Waals surface area (Å²) < 4.78 is 1.48. The van der Waals surface area contributed by atoms with Crippen molar-refractivity contribution in [1.82, 2.24) is 14.5 Å². The van der Waals surface area contributed by atoms with Crippen LogP contribution in [0.1, 0.15) is 18.1 Å². The highest BCUT2D eigenvalue weighted by Gasteiger charge is 2.21. The summed E-state index contributed by atoms with van der Waals surface area (Å²) in [5.74, 6) is 0.313. The number of nitrogens with one attached hydrogen (secondary N) is 1. The van der Waals surface area contributed by atoms with E-state index in [9.17, 15) is 9.59 Å². The third-order valence-electron chi connectivity index (χ3n) is 4.92. The Bertz CT molecular complexity index is 1320. The molecule has 31 heavy (non-hydrogen) atoms. The summed E-state index contributed by atoms with van der Waals surface area (Å²) in [5, 5.41) is 3.41. The number of hydrogen-bond donors (Lipinski definition) is 1. The largest absolute Gasteiger partial charge is 0.325 e. The summed E-state index contributed by atoms with van der Waals surface area (Å²) in [6, 6.07) is 18.5. The predicted molar refractivity (Wildman–Crippen MR) is 125 cm³/mol. The summed E-state index contributed by atoms with van der Waals surface area (Å²) in [6.07, 6.45) is 1.71. The Morgan fingerprint density at radius 1 is 1.03 bits per heavy atom. The minimum absolute atomic E-state index is 0.162. The highest BCUT2D eigenvalue weighted by Crippen LogP contribution is 2.26. The SMILES string of the molecule is Cc1ccc(-n2c(S[C@H](C)C(=O)Nc3ccccc3C)nc3ccccc3c2=O)nc1. The number of carbonyl (C=O) groups excluding carboxylic acids is 1. The van der Waals surface area contributed by atoms with E-state index in [-0.39, 0.29) is 11.5 Å². The van der Waals surface area contributed by atoms with Gasteiger partial charge in [0.1, 0.15) is 5.82 Å².